The van der Waals surface area contributed by atoms with Crippen LogP contribution in [-0.4, -0.2) is 55.4 Å². The zero-order chi connectivity index (χ0) is 16.4. The van der Waals surface area contributed by atoms with E-state index >= 15 is 0 Å². The molecule has 0 aromatic heterocycles. The van der Waals surface area contributed by atoms with Crippen molar-refractivity contribution in [2.75, 3.05) is 33.4 Å². The van der Waals surface area contributed by atoms with E-state index in [-0.39, 0.29) is 5.97 Å². The fourth-order valence-corrected chi connectivity index (χ4v) is 3.26. The topological polar surface area (TPSA) is 59.0 Å². The lowest BCUT2D eigenvalue weighted by Gasteiger charge is -2.36. The summed E-state index contributed by atoms with van der Waals surface area (Å²) in [6.07, 6.45) is 2.16. The van der Waals surface area contributed by atoms with Gasteiger partial charge in [0.2, 0.25) is 0 Å². The highest BCUT2D eigenvalue weighted by Gasteiger charge is 2.35. The molecular formula is C18H23NO4. The van der Waals surface area contributed by atoms with Gasteiger partial charge in [-0.05, 0) is 48.3 Å². The van der Waals surface area contributed by atoms with Crippen molar-refractivity contribution in [1.82, 2.24) is 4.90 Å². The average Bonchev–Trinajstić information content (AvgIpc) is 2.54. The van der Waals surface area contributed by atoms with Crippen molar-refractivity contribution in [1.29, 1.82) is 0 Å². The number of hydrogen-bond acceptors (Lipinski definition) is 5. The van der Waals surface area contributed by atoms with Crippen LogP contribution in [0.5, 0.6) is 5.75 Å². The van der Waals surface area contributed by atoms with E-state index in [2.05, 4.69) is 17.0 Å². The van der Waals surface area contributed by atoms with Crippen LogP contribution in [0.25, 0.3) is 11.6 Å². The van der Waals surface area contributed by atoms with Crippen LogP contribution in [0, 0.1) is 5.92 Å². The number of aliphatic hydroxyl groups is 1. The summed E-state index contributed by atoms with van der Waals surface area (Å²) in [6.45, 7) is 4.24. The van der Waals surface area contributed by atoms with Crippen LogP contribution in [0.1, 0.15) is 24.5 Å². The van der Waals surface area contributed by atoms with Gasteiger partial charge in [-0.3, -0.25) is 9.69 Å². The lowest BCUT2D eigenvalue weighted by Crippen LogP contribution is -2.47. The van der Waals surface area contributed by atoms with Gasteiger partial charge in [0, 0.05) is 19.6 Å². The van der Waals surface area contributed by atoms with E-state index in [4.69, 9.17) is 9.47 Å². The van der Waals surface area contributed by atoms with Crippen LogP contribution in [0.2, 0.25) is 0 Å². The molecule has 0 spiro atoms. The third-order valence-corrected chi connectivity index (χ3v) is 4.58. The molecule has 1 aromatic carbocycles. The first-order valence-electron chi connectivity index (χ1n) is 8.08. The Bertz CT molecular complexity index is 625. The number of piperidine rings is 1. The molecule has 1 aromatic rings. The van der Waals surface area contributed by atoms with Crippen molar-refractivity contribution in [2.45, 2.75) is 19.4 Å². The molecule has 3 rings (SSSR count). The molecule has 124 valence electrons. The minimum absolute atomic E-state index is 0.297. The minimum Gasteiger partial charge on any atom is -0.497 e. The Balaban J connectivity index is 1.63. The van der Waals surface area contributed by atoms with Gasteiger partial charge >= 0.3 is 5.97 Å². The van der Waals surface area contributed by atoms with Crippen molar-refractivity contribution in [3.63, 3.8) is 0 Å². The lowest BCUT2D eigenvalue weighted by molar-refractivity contribution is -0.155. The van der Waals surface area contributed by atoms with E-state index in [1.807, 2.05) is 12.1 Å². The molecule has 1 aliphatic heterocycles. The van der Waals surface area contributed by atoms with Gasteiger partial charge in [-0.2, -0.15) is 0 Å². The van der Waals surface area contributed by atoms with E-state index in [0.29, 0.717) is 19.6 Å². The summed E-state index contributed by atoms with van der Waals surface area (Å²) in [7, 11) is 1.67. The fraction of sp³-hybridized carbons (Fsp3) is 0.500. The molecule has 1 aliphatic carbocycles. The van der Waals surface area contributed by atoms with Crippen molar-refractivity contribution in [3.8, 4) is 5.75 Å². The van der Waals surface area contributed by atoms with Gasteiger partial charge in [-0.1, -0.05) is 6.07 Å². The molecule has 1 N–H and O–H groups in total. The highest BCUT2D eigenvalue weighted by Crippen LogP contribution is 2.36. The van der Waals surface area contributed by atoms with Crippen molar-refractivity contribution in [2.24, 2.45) is 5.92 Å². The lowest BCUT2D eigenvalue weighted by atomic mass is 9.87. The Hall–Kier alpha value is -1.85. The number of fused-ring (bicyclic) bond motifs is 1. The number of carbonyl (C=O) groups is 1. The summed E-state index contributed by atoms with van der Waals surface area (Å²) in [6, 6.07) is 6.06. The smallest absolute Gasteiger partial charge is 0.312 e. The van der Waals surface area contributed by atoms with Gasteiger partial charge < -0.3 is 14.6 Å². The summed E-state index contributed by atoms with van der Waals surface area (Å²) in [5, 5.41) is 10.1. The van der Waals surface area contributed by atoms with Gasteiger partial charge in [0.15, 0.2) is 0 Å². The van der Waals surface area contributed by atoms with Crippen molar-refractivity contribution in [3.05, 3.63) is 29.3 Å². The Morgan fingerprint density at radius 1 is 1.43 bits per heavy atom. The molecular weight excluding hydrogens is 294 g/mol. The predicted molar refractivity (Wildman–Crippen MR) is 88.1 cm³/mol. The van der Waals surface area contributed by atoms with Gasteiger partial charge in [-0.15, -0.1) is 0 Å². The highest BCUT2D eigenvalue weighted by atomic mass is 16.5. The standard InChI is InChI=1S/C18H23NO4/c1-3-23-18(21)16-11-19(7-6-17(16)20)10-13-8-12-4-5-14(22-2)9-15(12)13/h4-5,8-9,16-17,20H,3,6-7,10-11H2,1-2H3/t16-,17+/m1/s1. The molecule has 2 aliphatic rings. The number of methoxy groups -OCH3 is 1. The molecule has 23 heavy (non-hydrogen) atoms. The number of rotatable bonds is 5. The SMILES string of the molecule is CCOC(=O)[C@@H]1CN(CC2=Cc3ccc(OC)cc32)CC[C@@H]1O. The van der Waals surface area contributed by atoms with Crippen LogP contribution in [0.4, 0.5) is 0 Å². The zero-order valence-electron chi connectivity index (χ0n) is 13.6. The average molecular weight is 317 g/mol. The van der Waals surface area contributed by atoms with E-state index in [1.165, 1.54) is 16.7 Å². The number of ether oxygens (including phenoxy) is 2. The largest absolute Gasteiger partial charge is 0.497 e. The molecule has 0 bridgehead atoms. The first kappa shape index (κ1) is 16.0. The van der Waals surface area contributed by atoms with E-state index in [1.54, 1.807) is 14.0 Å². The quantitative estimate of drug-likeness (QED) is 0.839. The number of nitrogens with zero attached hydrogens (tertiary/aromatic N) is 1. The van der Waals surface area contributed by atoms with E-state index < -0.39 is 12.0 Å². The third kappa shape index (κ3) is 3.26. The fourth-order valence-electron chi connectivity index (χ4n) is 3.26. The summed E-state index contributed by atoms with van der Waals surface area (Å²) < 4.78 is 10.4. The second-order valence-electron chi connectivity index (χ2n) is 6.07. The number of aliphatic hydroxyl groups excluding tert-OH is 1. The Morgan fingerprint density at radius 2 is 2.26 bits per heavy atom. The monoisotopic (exact) mass is 317 g/mol. The normalized spacial score (nSPS) is 23.5. The second-order valence-corrected chi connectivity index (χ2v) is 6.07. The van der Waals surface area contributed by atoms with Gasteiger partial charge in [0.25, 0.3) is 0 Å². The Kier molecular flexibility index (Phi) is 4.68. The summed E-state index contributed by atoms with van der Waals surface area (Å²) in [5.41, 5.74) is 3.68. The number of benzene rings is 1. The summed E-state index contributed by atoms with van der Waals surface area (Å²) in [5.74, 6) is 0.108. The first-order chi connectivity index (χ1) is 11.1. The predicted octanol–water partition coefficient (Wildman–Crippen LogP) is 1.80. The molecule has 2 atom stereocenters. The first-order valence-corrected chi connectivity index (χ1v) is 8.08. The molecule has 5 nitrogen and oxygen atoms in total. The second kappa shape index (κ2) is 6.72. The molecule has 1 saturated heterocycles. The molecule has 0 radical (unpaired) electrons. The molecule has 0 saturated carbocycles. The van der Waals surface area contributed by atoms with Crippen molar-refractivity contribution < 1.29 is 19.4 Å². The molecule has 1 fully saturated rings. The maximum Gasteiger partial charge on any atom is 0.312 e. The molecule has 0 amide bonds. The molecule has 0 unspecified atom stereocenters. The highest BCUT2D eigenvalue weighted by molar-refractivity contribution is 5.96. The van der Waals surface area contributed by atoms with Gasteiger partial charge in [0.05, 0.1) is 25.7 Å². The van der Waals surface area contributed by atoms with Crippen LogP contribution in [0.3, 0.4) is 0 Å². The minimum atomic E-state index is -0.604. The van der Waals surface area contributed by atoms with E-state index in [9.17, 15) is 9.90 Å². The van der Waals surface area contributed by atoms with Gasteiger partial charge in [-0.25, -0.2) is 0 Å². The summed E-state index contributed by atoms with van der Waals surface area (Å²) in [4.78, 5) is 14.2. The third-order valence-electron chi connectivity index (χ3n) is 4.58. The Morgan fingerprint density at radius 3 is 3.00 bits per heavy atom. The number of esters is 1. The van der Waals surface area contributed by atoms with Crippen LogP contribution in [-0.2, 0) is 9.53 Å². The van der Waals surface area contributed by atoms with Crippen LogP contribution < -0.4 is 4.74 Å². The Labute approximate surface area is 136 Å². The van der Waals surface area contributed by atoms with E-state index in [0.717, 1.165) is 18.8 Å². The maximum absolute atomic E-state index is 12.0. The number of likely N-dealkylation sites (tertiary alicyclic amines) is 1. The van der Waals surface area contributed by atoms with Crippen LogP contribution >= 0.6 is 0 Å². The number of hydrogen-bond donors (Lipinski definition) is 1. The van der Waals surface area contributed by atoms with Crippen LogP contribution in [0.15, 0.2) is 18.2 Å². The zero-order valence-corrected chi connectivity index (χ0v) is 13.6. The summed E-state index contributed by atoms with van der Waals surface area (Å²) >= 11 is 0. The number of carbonyl (C=O) groups excluding carboxylic acids is 1. The molecule has 1 heterocycles. The van der Waals surface area contributed by atoms with Gasteiger partial charge in [0.1, 0.15) is 5.75 Å². The molecule has 5 heteroatoms. The van der Waals surface area contributed by atoms with Crippen molar-refractivity contribution >= 4 is 17.6 Å². The maximum atomic E-state index is 12.0.